The Balaban J connectivity index is 1.08. The fraction of sp³-hybridized carbons (Fsp3) is 0.447. The highest BCUT2D eigenvalue weighted by Gasteiger charge is 2.70. The molecule has 7 atom stereocenters. The summed E-state index contributed by atoms with van der Waals surface area (Å²) >= 11 is 0. The maximum Gasteiger partial charge on any atom is 0.315 e. The van der Waals surface area contributed by atoms with Gasteiger partial charge in [-0.05, 0) is 70.2 Å². The molecular weight excluding hydrogens is 632 g/mol. The minimum atomic E-state index is -4.80. The molecule has 6 aliphatic rings. The molecule has 9 nitrogen and oxygen atoms in total. The van der Waals surface area contributed by atoms with Gasteiger partial charge in [0.25, 0.3) is 0 Å². The number of rotatable bonds is 7. The van der Waals surface area contributed by atoms with Crippen LogP contribution in [0.15, 0.2) is 65.6 Å². The highest BCUT2D eigenvalue weighted by Crippen LogP contribution is 2.60. The van der Waals surface area contributed by atoms with Gasteiger partial charge in [0.2, 0.25) is 0 Å². The van der Waals surface area contributed by atoms with Crippen molar-refractivity contribution in [3.63, 3.8) is 0 Å². The Morgan fingerprint density at radius 1 is 0.833 bits per heavy atom. The van der Waals surface area contributed by atoms with Crippen LogP contribution in [0.1, 0.15) is 97.6 Å². The maximum absolute atomic E-state index is 14.1. The third kappa shape index (κ3) is 4.59. The summed E-state index contributed by atoms with van der Waals surface area (Å²) in [6.45, 7) is 7.05. The zero-order chi connectivity index (χ0) is 33.8. The van der Waals surface area contributed by atoms with Crippen molar-refractivity contribution >= 4 is 28.0 Å². The van der Waals surface area contributed by atoms with Gasteiger partial charge in [-0.1, -0.05) is 76.2 Å². The molecule has 250 valence electrons. The Morgan fingerprint density at radius 2 is 1.40 bits per heavy atom. The summed E-state index contributed by atoms with van der Waals surface area (Å²) in [5, 5.41) is 0. The first kappa shape index (κ1) is 31.3. The first-order chi connectivity index (χ1) is 22.8. The molecule has 0 radical (unpaired) electrons. The van der Waals surface area contributed by atoms with E-state index in [9.17, 15) is 27.4 Å². The van der Waals surface area contributed by atoms with Gasteiger partial charge in [0.15, 0.2) is 0 Å². The lowest BCUT2D eigenvalue weighted by atomic mass is 9.59. The number of hydrogen-bond acceptors (Lipinski definition) is 9. The van der Waals surface area contributed by atoms with Crippen LogP contribution in [0.3, 0.4) is 0 Å². The highest BCUT2D eigenvalue weighted by molar-refractivity contribution is 7.85. The number of ether oxygens (including phenoxy) is 3. The minimum absolute atomic E-state index is 0.0749. The van der Waals surface area contributed by atoms with Crippen LogP contribution in [-0.4, -0.2) is 43.1 Å². The van der Waals surface area contributed by atoms with E-state index in [2.05, 4.69) is 24.3 Å². The number of esters is 3. The lowest BCUT2D eigenvalue weighted by Gasteiger charge is -2.45. The van der Waals surface area contributed by atoms with Gasteiger partial charge in [0.05, 0.1) is 22.6 Å². The molecule has 2 saturated carbocycles. The molecule has 0 spiro atoms. The topological polar surface area (TPSA) is 136 Å². The first-order valence-electron chi connectivity index (χ1n) is 16.8. The predicted octanol–water partition coefficient (Wildman–Crippen LogP) is 5.76. The van der Waals surface area contributed by atoms with Crippen LogP contribution in [0.25, 0.3) is 0 Å². The van der Waals surface area contributed by atoms with E-state index in [4.69, 9.17) is 14.2 Å². The van der Waals surface area contributed by atoms with Crippen LogP contribution < -0.4 is 4.74 Å². The van der Waals surface area contributed by atoms with Crippen molar-refractivity contribution in [3.8, 4) is 5.75 Å². The summed E-state index contributed by atoms with van der Waals surface area (Å²) in [5.74, 6) is -4.92. The Hall–Kier alpha value is -4.02. The average molecular weight is 670 g/mol. The minimum Gasteiger partial charge on any atom is -0.744 e. The molecule has 5 aliphatic carbocycles. The molecule has 0 amide bonds. The normalized spacial score (nSPS) is 30.7. The second-order valence-corrected chi connectivity index (χ2v) is 16.0. The second-order valence-electron chi connectivity index (χ2n) is 14.7. The van der Waals surface area contributed by atoms with E-state index in [-0.39, 0.29) is 57.3 Å². The van der Waals surface area contributed by atoms with Gasteiger partial charge in [-0.2, -0.15) is 0 Å². The summed E-state index contributed by atoms with van der Waals surface area (Å²) in [4.78, 5) is 40.9. The zero-order valence-corrected chi connectivity index (χ0v) is 27.9. The summed E-state index contributed by atoms with van der Waals surface area (Å²) in [7, 11) is -4.80. The van der Waals surface area contributed by atoms with Crippen molar-refractivity contribution in [1.82, 2.24) is 0 Å². The number of carbonyl (C=O) groups is 3. The largest absolute Gasteiger partial charge is 0.744 e. The van der Waals surface area contributed by atoms with Crippen molar-refractivity contribution < 1.29 is 41.6 Å². The van der Waals surface area contributed by atoms with Crippen LogP contribution in [0, 0.1) is 29.6 Å². The molecule has 0 aromatic heterocycles. The fourth-order valence-corrected chi connectivity index (χ4v) is 10.8. The highest BCUT2D eigenvalue weighted by atomic mass is 32.2. The van der Waals surface area contributed by atoms with Gasteiger partial charge in [0, 0.05) is 23.7 Å². The maximum atomic E-state index is 14.1. The quantitative estimate of drug-likeness (QED) is 0.175. The van der Waals surface area contributed by atoms with Crippen molar-refractivity contribution in [3.05, 3.63) is 94.0 Å². The van der Waals surface area contributed by atoms with Crippen LogP contribution in [0.2, 0.25) is 0 Å². The van der Waals surface area contributed by atoms with Gasteiger partial charge in [-0.15, -0.1) is 0 Å². The molecule has 4 bridgehead atoms. The van der Waals surface area contributed by atoms with E-state index >= 15 is 0 Å². The van der Waals surface area contributed by atoms with Crippen molar-refractivity contribution in [2.24, 2.45) is 29.6 Å². The first-order valence-corrected chi connectivity index (χ1v) is 18.2. The smallest absolute Gasteiger partial charge is 0.315 e. The number of carbonyl (C=O) groups excluding carboxylic acids is 3. The Labute approximate surface area is 279 Å². The molecule has 1 heterocycles. The second kappa shape index (κ2) is 11.0. The molecular formula is C38H37O9S-. The van der Waals surface area contributed by atoms with Gasteiger partial charge in [0.1, 0.15) is 28.1 Å². The average Bonchev–Trinajstić information content (AvgIpc) is 3.68. The number of benzene rings is 3. The SMILES string of the molecule is CC(C)c1cc(OC(=O)C2C3CC4C(OC(=O)C42)C3OC(=O)C2CC3c4ccccc4C2c2ccccc23)cc(C(C)C)c1S(=O)(=O)[O-]. The summed E-state index contributed by atoms with van der Waals surface area (Å²) in [6, 6.07) is 19.3. The monoisotopic (exact) mass is 669 g/mol. The van der Waals surface area contributed by atoms with Gasteiger partial charge in [-0.25, -0.2) is 8.42 Å². The van der Waals surface area contributed by atoms with Crippen LogP contribution >= 0.6 is 0 Å². The lowest BCUT2D eigenvalue weighted by molar-refractivity contribution is -0.169. The van der Waals surface area contributed by atoms with E-state index in [1.54, 1.807) is 27.7 Å². The zero-order valence-electron chi connectivity index (χ0n) is 27.1. The van der Waals surface area contributed by atoms with Crippen LogP contribution in [0.4, 0.5) is 0 Å². The third-order valence-corrected chi connectivity index (χ3v) is 12.5. The molecule has 3 aromatic rings. The van der Waals surface area contributed by atoms with E-state index in [1.165, 1.54) is 23.3 Å². The fourth-order valence-electron chi connectivity index (χ4n) is 9.59. The van der Waals surface area contributed by atoms with E-state index < -0.39 is 57.9 Å². The van der Waals surface area contributed by atoms with E-state index in [1.807, 2.05) is 24.3 Å². The molecule has 3 aromatic carbocycles. The third-order valence-electron chi connectivity index (χ3n) is 11.5. The Kier molecular flexibility index (Phi) is 7.16. The summed E-state index contributed by atoms with van der Waals surface area (Å²) in [6.07, 6.45) is -0.285. The molecule has 1 aliphatic heterocycles. The summed E-state index contributed by atoms with van der Waals surface area (Å²) < 4.78 is 54.8. The van der Waals surface area contributed by atoms with Crippen molar-refractivity contribution in [2.45, 2.75) is 81.3 Å². The molecule has 48 heavy (non-hydrogen) atoms. The van der Waals surface area contributed by atoms with Crippen molar-refractivity contribution in [1.29, 1.82) is 0 Å². The molecule has 10 heteroatoms. The standard InChI is InChI=1S/C38H38O9S/c1-17(2)24-13-19(14-25(18(3)4)35(24)48(42,43)44)45-37(40)31-27-16-28-32(31)38(41)47-34(28)33(27)46-36(39)29-15-26-20-9-5-7-11-22(20)30(29)23-12-8-6-10-21(23)26/h5-14,17-18,26-34H,15-16H2,1-4H3,(H,42,43,44)/p-1. The molecule has 3 fully saturated rings. The lowest BCUT2D eigenvalue weighted by Crippen LogP contribution is -2.46. The molecule has 1 saturated heterocycles. The Bertz CT molecular complexity index is 1900. The molecule has 7 unspecified atom stereocenters. The number of hydrogen-bond donors (Lipinski definition) is 0. The van der Waals surface area contributed by atoms with Gasteiger partial charge in [-0.3, -0.25) is 14.4 Å². The van der Waals surface area contributed by atoms with Crippen LogP contribution in [-0.2, 0) is 34.0 Å². The molecule has 9 rings (SSSR count). The van der Waals surface area contributed by atoms with Crippen molar-refractivity contribution in [2.75, 3.05) is 0 Å². The number of fused-ring (bicyclic) bond motifs is 2. The Morgan fingerprint density at radius 3 is 1.94 bits per heavy atom. The molecule has 0 N–H and O–H groups in total. The predicted molar refractivity (Wildman–Crippen MR) is 171 cm³/mol. The van der Waals surface area contributed by atoms with Gasteiger partial charge >= 0.3 is 17.9 Å². The summed E-state index contributed by atoms with van der Waals surface area (Å²) in [5.41, 5.74) is 5.28. The van der Waals surface area contributed by atoms with E-state index in [0.717, 1.165) is 11.1 Å². The van der Waals surface area contributed by atoms with Crippen LogP contribution in [0.5, 0.6) is 5.75 Å². The van der Waals surface area contributed by atoms with E-state index in [0.29, 0.717) is 12.8 Å². The van der Waals surface area contributed by atoms with Gasteiger partial charge < -0.3 is 18.8 Å².